The molecule has 0 spiro atoms. The van der Waals surface area contributed by atoms with Gasteiger partial charge in [-0.1, -0.05) is 38.1 Å². The van der Waals surface area contributed by atoms with E-state index in [4.69, 9.17) is 4.98 Å². The van der Waals surface area contributed by atoms with E-state index in [0.717, 1.165) is 31.2 Å². The number of fused-ring (bicyclic) bond motifs is 1. The van der Waals surface area contributed by atoms with Crippen molar-refractivity contribution in [3.63, 3.8) is 0 Å². The average Bonchev–Trinajstić information content (AvgIpc) is 3.01. The van der Waals surface area contributed by atoms with Crippen molar-refractivity contribution in [3.05, 3.63) is 54.2 Å². The van der Waals surface area contributed by atoms with Crippen LogP contribution in [0, 0.1) is 0 Å². The van der Waals surface area contributed by atoms with E-state index in [9.17, 15) is 0 Å². The van der Waals surface area contributed by atoms with Crippen LogP contribution < -0.4 is 5.32 Å². The standard InChI is InChI=1S/C17H20N4/c1-3-16-19-9-10-21(16)17-15-8-6-5-7-14(15)13(12-20-17)11-18-4-2/h5-10,12,18H,3-4,11H2,1-2H3. The number of aryl methyl sites for hydroxylation is 1. The van der Waals surface area contributed by atoms with Crippen molar-refractivity contribution in [1.29, 1.82) is 0 Å². The fourth-order valence-electron chi connectivity index (χ4n) is 2.62. The van der Waals surface area contributed by atoms with Gasteiger partial charge in [-0.15, -0.1) is 0 Å². The van der Waals surface area contributed by atoms with E-state index in [0.29, 0.717) is 0 Å². The Morgan fingerprint density at radius 3 is 2.67 bits per heavy atom. The Morgan fingerprint density at radius 1 is 1.10 bits per heavy atom. The number of rotatable bonds is 5. The summed E-state index contributed by atoms with van der Waals surface area (Å²) in [5, 5.41) is 5.79. The van der Waals surface area contributed by atoms with Gasteiger partial charge in [0.2, 0.25) is 0 Å². The van der Waals surface area contributed by atoms with E-state index in [2.05, 4.69) is 53.0 Å². The lowest BCUT2D eigenvalue weighted by Gasteiger charge is -2.12. The summed E-state index contributed by atoms with van der Waals surface area (Å²) in [5.41, 5.74) is 1.23. The molecule has 4 nitrogen and oxygen atoms in total. The first-order valence-electron chi connectivity index (χ1n) is 7.45. The molecule has 0 aliphatic rings. The Labute approximate surface area is 124 Å². The molecule has 0 aliphatic heterocycles. The monoisotopic (exact) mass is 280 g/mol. The maximum absolute atomic E-state index is 4.69. The molecule has 0 fully saturated rings. The second-order valence-electron chi connectivity index (χ2n) is 5.00. The smallest absolute Gasteiger partial charge is 0.145 e. The molecule has 0 atom stereocenters. The van der Waals surface area contributed by atoms with Crippen molar-refractivity contribution in [2.75, 3.05) is 6.54 Å². The first-order valence-corrected chi connectivity index (χ1v) is 7.45. The van der Waals surface area contributed by atoms with E-state index in [1.807, 2.05) is 18.6 Å². The normalized spacial score (nSPS) is 11.1. The van der Waals surface area contributed by atoms with Crippen LogP contribution in [0.5, 0.6) is 0 Å². The molecule has 4 heteroatoms. The summed E-state index contributed by atoms with van der Waals surface area (Å²) < 4.78 is 2.08. The predicted octanol–water partition coefficient (Wildman–Crippen LogP) is 3.09. The molecular formula is C17H20N4. The SMILES string of the molecule is CCNCc1cnc(-n2ccnc2CC)c2ccccc12. The lowest BCUT2D eigenvalue weighted by Crippen LogP contribution is -2.13. The molecule has 21 heavy (non-hydrogen) atoms. The highest BCUT2D eigenvalue weighted by Crippen LogP contribution is 2.24. The summed E-state index contributed by atoms with van der Waals surface area (Å²) in [5.74, 6) is 1.99. The first kappa shape index (κ1) is 13.8. The van der Waals surface area contributed by atoms with Crippen molar-refractivity contribution in [2.45, 2.75) is 26.8 Å². The van der Waals surface area contributed by atoms with Gasteiger partial charge >= 0.3 is 0 Å². The van der Waals surface area contributed by atoms with Crippen LogP contribution in [0.25, 0.3) is 16.6 Å². The van der Waals surface area contributed by atoms with Gasteiger partial charge in [-0.2, -0.15) is 0 Å². The fraction of sp³-hybridized carbons (Fsp3) is 0.294. The number of nitrogens with one attached hydrogen (secondary N) is 1. The summed E-state index contributed by atoms with van der Waals surface area (Å²) in [6.45, 7) is 6.02. The molecule has 2 heterocycles. The molecule has 0 saturated carbocycles. The molecule has 108 valence electrons. The van der Waals surface area contributed by atoms with Crippen LogP contribution in [0.3, 0.4) is 0 Å². The van der Waals surface area contributed by atoms with Crippen LogP contribution in [-0.4, -0.2) is 21.1 Å². The van der Waals surface area contributed by atoms with Gasteiger partial charge in [-0.05, 0) is 17.5 Å². The Balaban J connectivity index is 2.17. The zero-order valence-electron chi connectivity index (χ0n) is 12.5. The van der Waals surface area contributed by atoms with Gasteiger partial charge < -0.3 is 5.32 Å². The highest BCUT2D eigenvalue weighted by molar-refractivity contribution is 5.91. The van der Waals surface area contributed by atoms with Crippen molar-refractivity contribution in [3.8, 4) is 5.82 Å². The number of aromatic nitrogens is 3. The predicted molar refractivity (Wildman–Crippen MR) is 85.6 cm³/mol. The Morgan fingerprint density at radius 2 is 1.90 bits per heavy atom. The third kappa shape index (κ3) is 2.54. The number of nitrogens with zero attached hydrogens (tertiary/aromatic N) is 3. The number of pyridine rings is 1. The summed E-state index contributed by atoms with van der Waals surface area (Å²) in [6.07, 6.45) is 6.68. The molecule has 0 unspecified atom stereocenters. The van der Waals surface area contributed by atoms with Gasteiger partial charge in [0.1, 0.15) is 11.6 Å². The van der Waals surface area contributed by atoms with Gasteiger partial charge in [-0.25, -0.2) is 9.97 Å². The molecule has 3 aromatic rings. The summed E-state index contributed by atoms with van der Waals surface area (Å²) in [4.78, 5) is 9.09. The minimum absolute atomic E-state index is 0.842. The number of hydrogen-bond acceptors (Lipinski definition) is 3. The number of hydrogen-bond donors (Lipinski definition) is 1. The highest BCUT2D eigenvalue weighted by Gasteiger charge is 2.11. The van der Waals surface area contributed by atoms with Crippen molar-refractivity contribution < 1.29 is 0 Å². The molecule has 2 aromatic heterocycles. The lowest BCUT2D eigenvalue weighted by atomic mass is 10.1. The molecule has 0 amide bonds. The molecule has 0 saturated heterocycles. The van der Waals surface area contributed by atoms with Gasteiger partial charge in [0.15, 0.2) is 0 Å². The second-order valence-corrected chi connectivity index (χ2v) is 5.00. The Bertz CT molecular complexity index is 745. The van der Waals surface area contributed by atoms with Gasteiger partial charge in [0.05, 0.1) is 0 Å². The summed E-state index contributed by atoms with van der Waals surface area (Å²) in [7, 11) is 0. The molecule has 0 bridgehead atoms. The zero-order chi connectivity index (χ0) is 14.7. The maximum Gasteiger partial charge on any atom is 0.145 e. The van der Waals surface area contributed by atoms with E-state index in [1.54, 1.807) is 0 Å². The number of benzene rings is 1. The van der Waals surface area contributed by atoms with Crippen LogP contribution in [0.1, 0.15) is 25.2 Å². The van der Waals surface area contributed by atoms with E-state index < -0.39 is 0 Å². The lowest BCUT2D eigenvalue weighted by molar-refractivity contribution is 0.727. The molecule has 1 N–H and O–H groups in total. The summed E-state index contributed by atoms with van der Waals surface area (Å²) in [6, 6.07) is 8.44. The Kier molecular flexibility index (Phi) is 3.97. The minimum Gasteiger partial charge on any atom is -0.313 e. The van der Waals surface area contributed by atoms with E-state index in [1.165, 1.54) is 16.3 Å². The first-order chi connectivity index (χ1) is 10.3. The van der Waals surface area contributed by atoms with Crippen LogP contribution in [0.4, 0.5) is 0 Å². The topological polar surface area (TPSA) is 42.7 Å². The largest absolute Gasteiger partial charge is 0.313 e. The van der Waals surface area contributed by atoms with Crippen LogP contribution in [0.2, 0.25) is 0 Å². The summed E-state index contributed by atoms with van der Waals surface area (Å²) >= 11 is 0. The zero-order valence-corrected chi connectivity index (χ0v) is 12.5. The molecule has 1 aromatic carbocycles. The van der Waals surface area contributed by atoms with Gasteiger partial charge in [0.25, 0.3) is 0 Å². The van der Waals surface area contributed by atoms with Crippen LogP contribution in [-0.2, 0) is 13.0 Å². The Hall–Kier alpha value is -2.20. The van der Waals surface area contributed by atoms with Gasteiger partial charge in [-0.3, -0.25) is 4.57 Å². The van der Waals surface area contributed by atoms with E-state index in [-0.39, 0.29) is 0 Å². The van der Waals surface area contributed by atoms with Crippen molar-refractivity contribution in [1.82, 2.24) is 19.9 Å². The third-order valence-corrected chi connectivity index (χ3v) is 3.68. The average molecular weight is 280 g/mol. The molecule has 0 radical (unpaired) electrons. The van der Waals surface area contributed by atoms with E-state index >= 15 is 0 Å². The van der Waals surface area contributed by atoms with Crippen LogP contribution in [0.15, 0.2) is 42.9 Å². The fourth-order valence-corrected chi connectivity index (χ4v) is 2.62. The highest BCUT2D eigenvalue weighted by atomic mass is 15.1. The molecule has 3 rings (SSSR count). The quantitative estimate of drug-likeness (QED) is 0.781. The third-order valence-electron chi connectivity index (χ3n) is 3.68. The molecule has 0 aliphatic carbocycles. The van der Waals surface area contributed by atoms with Gasteiger partial charge in [0, 0.05) is 36.9 Å². The maximum atomic E-state index is 4.69. The van der Waals surface area contributed by atoms with Crippen molar-refractivity contribution >= 4 is 10.8 Å². The molecular weight excluding hydrogens is 260 g/mol. The van der Waals surface area contributed by atoms with Crippen LogP contribution >= 0.6 is 0 Å². The second kappa shape index (κ2) is 6.06. The minimum atomic E-state index is 0.842. The number of imidazole rings is 1. The van der Waals surface area contributed by atoms with Crippen molar-refractivity contribution in [2.24, 2.45) is 0 Å².